The van der Waals surface area contributed by atoms with Crippen molar-refractivity contribution in [3.8, 4) is 5.75 Å². The van der Waals surface area contributed by atoms with E-state index in [0.29, 0.717) is 17.4 Å². The summed E-state index contributed by atoms with van der Waals surface area (Å²) in [6.45, 7) is -0.327. The van der Waals surface area contributed by atoms with E-state index in [4.69, 9.17) is 4.74 Å². The molecule has 2 rings (SSSR count). The lowest BCUT2D eigenvalue weighted by atomic mass is 10.0. The van der Waals surface area contributed by atoms with Gasteiger partial charge >= 0.3 is 0 Å². The standard InChI is InChI=1S/C17H17F2NO3/c1-20(17(22)12-7-13(18)9-14(19)8-12)16(10-21)11-3-5-15(23-2)6-4-11/h3-9,16,21H,10H2,1-2H3. The number of aliphatic hydroxyl groups excluding tert-OH is 1. The van der Waals surface area contributed by atoms with Gasteiger partial charge in [-0.1, -0.05) is 12.1 Å². The van der Waals surface area contributed by atoms with Gasteiger partial charge in [0.1, 0.15) is 17.4 Å². The van der Waals surface area contributed by atoms with Gasteiger partial charge in [-0.15, -0.1) is 0 Å². The van der Waals surface area contributed by atoms with Crippen molar-refractivity contribution >= 4 is 5.91 Å². The fourth-order valence-corrected chi connectivity index (χ4v) is 2.30. The summed E-state index contributed by atoms with van der Waals surface area (Å²) < 4.78 is 31.6. The average Bonchev–Trinajstić information content (AvgIpc) is 2.54. The minimum absolute atomic E-state index is 0.114. The highest BCUT2D eigenvalue weighted by atomic mass is 19.1. The van der Waals surface area contributed by atoms with Gasteiger partial charge < -0.3 is 14.7 Å². The molecule has 122 valence electrons. The van der Waals surface area contributed by atoms with Crippen LogP contribution < -0.4 is 4.74 Å². The van der Waals surface area contributed by atoms with E-state index in [1.807, 2.05) is 0 Å². The summed E-state index contributed by atoms with van der Waals surface area (Å²) in [6, 6.07) is 8.83. The number of methoxy groups -OCH3 is 1. The maximum absolute atomic E-state index is 13.3. The molecule has 1 N–H and O–H groups in total. The number of nitrogens with zero attached hydrogens (tertiary/aromatic N) is 1. The molecule has 0 saturated carbocycles. The Balaban J connectivity index is 2.27. The highest BCUT2D eigenvalue weighted by Gasteiger charge is 2.23. The van der Waals surface area contributed by atoms with E-state index in [1.165, 1.54) is 19.1 Å². The van der Waals surface area contributed by atoms with Crippen LogP contribution in [0.15, 0.2) is 42.5 Å². The lowest BCUT2D eigenvalue weighted by Crippen LogP contribution is -2.33. The minimum Gasteiger partial charge on any atom is -0.497 e. The van der Waals surface area contributed by atoms with Crippen LogP contribution in [0, 0.1) is 11.6 Å². The number of rotatable bonds is 5. The Morgan fingerprint density at radius 2 is 1.74 bits per heavy atom. The SMILES string of the molecule is COc1ccc(C(CO)N(C)C(=O)c2cc(F)cc(F)c2)cc1. The summed E-state index contributed by atoms with van der Waals surface area (Å²) >= 11 is 0. The Morgan fingerprint density at radius 3 is 2.22 bits per heavy atom. The number of carbonyl (C=O) groups is 1. The Bertz CT molecular complexity index is 668. The molecule has 1 amide bonds. The number of hydrogen-bond donors (Lipinski definition) is 1. The number of carbonyl (C=O) groups excluding carboxylic acids is 1. The first kappa shape index (κ1) is 16.9. The first-order chi connectivity index (χ1) is 11.0. The van der Waals surface area contributed by atoms with Crippen molar-refractivity contribution < 1.29 is 23.4 Å². The maximum Gasteiger partial charge on any atom is 0.254 e. The average molecular weight is 321 g/mol. The zero-order chi connectivity index (χ0) is 17.0. The largest absolute Gasteiger partial charge is 0.497 e. The second-order valence-corrected chi connectivity index (χ2v) is 5.05. The molecule has 0 fully saturated rings. The van der Waals surface area contributed by atoms with E-state index in [0.717, 1.165) is 12.1 Å². The van der Waals surface area contributed by atoms with Gasteiger partial charge in [-0.2, -0.15) is 0 Å². The first-order valence-electron chi connectivity index (χ1n) is 6.94. The van der Waals surface area contributed by atoms with Gasteiger partial charge in [0.25, 0.3) is 5.91 Å². The van der Waals surface area contributed by atoms with E-state index < -0.39 is 23.6 Å². The number of hydrogen-bond acceptors (Lipinski definition) is 3. The monoisotopic (exact) mass is 321 g/mol. The minimum atomic E-state index is -0.827. The highest BCUT2D eigenvalue weighted by molar-refractivity contribution is 5.94. The van der Waals surface area contributed by atoms with Crippen molar-refractivity contribution in [3.05, 3.63) is 65.2 Å². The van der Waals surface area contributed by atoms with Gasteiger partial charge in [0, 0.05) is 18.7 Å². The van der Waals surface area contributed by atoms with E-state index in [9.17, 15) is 18.7 Å². The molecule has 1 atom stereocenters. The highest BCUT2D eigenvalue weighted by Crippen LogP contribution is 2.23. The molecule has 2 aromatic carbocycles. The molecule has 0 aromatic heterocycles. The zero-order valence-corrected chi connectivity index (χ0v) is 12.8. The predicted molar refractivity (Wildman–Crippen MR) is 81.3 cm³/mol. The van der Waals surface area contributed by atoms with E-state index in [-0.39, 0.29) is 12.2 Å². The second kappa shape index (κ2) is 7.19. The molecule has 0 radical (unpaired) electrons. The molecule has 0 aliphatic carbocycles. The molecular weight excluding hydrogens is 304 g/mol. The van der Waals surface area contributed by atoms with Crippen molar-refractivity contribution in [1.82, 2.24) is 4.90 Å². The molecule has 0 bridgehead atoms. The lowest BCUT2D eigenvalue weighted by molar-refractivity contribution is 0.0657. The summed E-state index contributed by atoms with van der Waals surface area (Å²) in [6.07, 6.45) is 0. The third-order valence-corrected chi connectivity index (χ3v) is 3.57. The molecular formula is C17H17F2NO3. The molecule has 23 heavy (non-hydrogen) atoms. The van der Waals surface area contributed by atoms with E-state index in [2.05, 4.69) is 0 Å². The van der Waals surface area contributed by atoms with Gasteiger partial charge in [0.05, 0.1) is 19.8 Å². The Morgan fingerprint density at radius 1 is 1.17 bits per heavy atom. The van der Waals surface area contributed by atoms with Crippen LogP contribution >= 0.6 is 0 Å². The third-order valence-electron chi connectivity index (χ3n) is 3.57. The van der Waals surface area contributed by atoms with Crippen LogP contribution in [0.3, 0.4) is 0 Å². The second-order valence-electron chi connectivity index (χ2n) is 5.05. The summed E-state index contributed by atoms with van der Waals surface area (Å²) in [5, 5.41) is 9.61. The van der Waals surface area contributed by atoms with Crippen LogP contribution in [-0.4, -0.2) is 36.7 Å². The summed E-state index contributed by atoms with van der Waals surface area (Å²) in [7, 11) is 3.00. The molecule has 0 aliphatic heterocycles. The van der Waals surface area contributed by atoms with Gasteiger partial charge in [-0.25, -0.2) is 8.78 Å². The summed E-state index contributed by atoms with van der Waals surface area (Å²) in [5.41, 5.74) is 0.568. The van der Waals surface area contributed by atoms with E-state index >= 15 is 0 Å². The van der Waals surface area contributed by atoms with Crippen LogP contribution in [0.2, 0.25) is 0 Å². The van der Waals surface area contributed by atoms with Crippen LogP contribution in [0.25, 0.3) is 0 Å². The van der Waals surface area contributed by atoms with Gasteiger partial charge in [-0.3, -0.25) is 4.79 Å². The van der Waals surface area contributed by atoms with Crippen LogP contribution in [0.4, 0.5) is 8.78 Å². The van der Waals surface area contributed by atoms with Gasteiger partial charge in [0.15, 0.2) is 0 Å². The Labute approximate surface area is 132 Å². The van der Waals surface area contributed by atoms with Gasteiger partial charge in [0.2, 0.25) is 0 Å². The quantitative estimate of drug-likeness (QED) is 0.921. The number of benzene rings is 2. The molecule has 0 aliphatic rings. The predicted octanol–water partition coefficient (Wildman–Crippen LogP) is 2.78. The number of amides is 1. The molecule has 0 spiro atoms. The third kappa shape index (κ3) is 3.84. The number of likely N-dealkylation sites (N-methyl/N-ethyl adjacent to an activating group) is 1. The fraction of sp³-hybridized carbons (Fsp3) is 0.235. The van der Waals surface area contributed by atoms with Crippen LogP contribution in [0.5, 0.6) is 5.75 Å². The molecule has 4 nitrogen and oxygen atoms in total. The van der Waals surface area contributed by atoms with E-state index in [1.54, 1.807) is 24.3 Å². The number of aliphatic hydroxyl groups is 1. The fourth-order valence-electron chi connectivity index (χ4n) is 2.30. The molecule has 0 heterocycles. The lowest BCUT2D eigenvalue weighted by Gasteiger charge is -2.27. The van der Waals surface area contributed by atoms with Gasteiger partial charge in [-0.05, 0) is 29.8 Å². The molecule has 6 heteroatoms. The Kier molecular flexibility index (Phi) is 5.28. The molecule has 0 saturated heterocycles. The van der Waals surface area contributed by atoms with Crippen molar-refractivity contribution in [3.63, 3.8) is 0 Å². The Hall–Kier alpha value is -2.47. The van der Waals surface area contributed by atoms with Crippen LogP contribution in [0.1, 0.15) is 22.0 Å². The van der Waals surface area contributed by atoms with Crippen LogP contribution in [-0.2, 0) is 0 Å². The number of ether oxygens (including phenoxy) is 1. The van der Waals surface area contributed by atoms with Crippen molar-refractivity contribution in [1.29, 1.82) is 0 Å². The first-order valence-corrected chi connectivity index (χ1v) is 6.94. The normalized spacial score (nSPS) is 11.9. The summed E-state index contributed by atoms with van der Waals surface area (Å²) in [5.74, 6) is -1.59. The van der Waals surface area contributed by atoms with Crippen molar-refractivity contribution in [2.75, 3.05) is 20.8 Å². The maximum atomic E-state index is 13.3. The summed E-state index contributed by atoms with van der Waals surface area (Å²) in [4.78, 5) is 13.6. The molecule has 2 aromatic rings. The van der Waals surface area contributed by atoms with Crippen molar-refractivity contribution in [2.24, 2.45) is 0 Å². The zero-order valence-electron chi connectivity index (χ0n) is 12.8. The number of halogens is 2. The smallest absolute Gasteiger partial charge is 0.254 e. The molecule has 1 unspecified atom stereocenters. The topological polar surface area (TPSA) is 49.8 Å². The van der Waals surface area contributed by atoms with Crippen molar-refractivity contribution in [2.45, 2.75) is 6.04 Å².